The van der Waals surface area contributed by atoms with Crippen LogP contribution < -0.4 is 10.1 Å². The van der Waals surface area contributed by atoms with Gasteiger partial charge in [0.2, 0.25) is 15.9 Å². The molecule has 0 radical (unpaired) electrons. The summed E-state index contributed by atoms with van der Waals surface area (Å²) in [5.74, 6) is 0.525. The number of thiazole rings is 1. The van der Waals surface area contributed by atoms with Crippen molar-refractivity contribution >= 4 is 32.4 Å². The number of rotatable bonds is 5. The number of amides is 1. The Bertz CT molecular complexity index is 932. The number of carbonyl (C=O) groups excluding carboxylic acids is 1. The topological polar surface area (TPSA) is 88.6 Å². The minimum Gasteiger partial charge on any atom is -0.496 e. The molecule has 27 heavy (non-hydrogen) atoms. The summed E-state index contributed by atoms with van der Waals surface area (Å²) in [6.07, 6.45) is 2.25. The van der Waals surface area contributed by atoms with E-state index in [1.165, 1.54) is 21.9 Å². The summed E-state index contributed by atoms with van der Waals surface area (Å²) < 4.78 is 29.8. The summed E-state index contributed by atoms with van der Waals surface area (Å²) in [7, 11) is -1.55. The van der Waals surface area contributed by atoms with Crippen molar-refractivity contribution in [2.45, 2.75) is 19.8 Å². The van der Waals surface area contributed by atoms with E-state index >= 15 is 0 Å². The number of carbonyl (C=O) groups is 1. The fourth-order valence-corrected chi connectivity index (χ4v) is 4.76. The molecule has 3 rings (SSSR count). The lowest BCUT2D eigenvalue weighted by Gasteiger charge is -2.29. The molecule has 2 heterocycles. The number of aryl methyl sites for hydroxylation is 1. The van der Waals surface area contributed by atoms with Gasteiger partial charge in [-0.1, -0.05) is 0 Å². The third-order valence-electron chi connectivity index (χ3n) is 4.72. The fourth-order valence-electron chi connectivity index (χ4n) is 3.16. The number of aromatic nitrogens is 1. The second-order valence-electron chi connectivity index (χ2n) is 6.65. The van der Waals surface area contributed by atoms with Crippen LogP contribution in [0.15, 0.2) is 23.6 Å². The van der Waals surface area contributed by atoms with Crippen LogP contribution >= 0.6 is 11.3 Å². The van der Waals surface area contributed by atoms with Crippen LogP contribution in [0.5, 0.6) is 5.75 Å². The molecule has 1 saturated heterocycles. The number of hydrogen-bond acceptors (Lipinski definition) is 6. The van der Waals surface area contributed by atoms with Crippen molar-refractivity contribution in [3.63, 3.8) is 0 Å². The van der Waals surface area contributed by atoms with Crippen LogP contribution in [-0.2, 0) is 14.8 Å². The van der Waals surface area contributed by atoms with E-state index in [1.54, 1.807) is 7.11 Å². The van der Waals surface area contributed by atoms with Crippen LogP contribution in [0.1, 0.15) is 18.4 Å². The van der Waals surface area contributed by atoms with E-state index in [0.717, 1.165) is 22.6 Å². The van der Waals surface area contributed by atoms with Crippen LogP contribution in [-0.4, -0.2) is 50.1 Å². The monoisotopic (exact) mass is 409 g/mol. The summed E-state index contributed by atoms with van der Waals surface area (Å²) in [5.41, 5.74) is 2.78. The molecule has 0 unspecified atom stereocenters. The van der Waals surface area contributed by atoms with E-state index in [1.807, 2.05) is 30.5 Å². The van der Waals surface area contributed by atoms with Crippen molar-refractivity contribution < 1.29 is 17.9 Å². The Hall–Kier alpha value is -1.97. The largest absolute Gasteiger partial charge is 0.496 e. The molecule has 9 heteroatoms. The van der Waals surface area contributed by atoms with E-state index in [9.17, 15) is 13.2 Å². The van der Waals surface area contributed by atoms with Crippen LogP contribution in [0.4, 0.5) is 5.13 Å². The number of nitrogens with one attached hydrogen (secondary N) is 1. The van der Waals surface area contributed by atoms with E-state index < -0.39 is 10.0 Å². The van der Waals surface area contributed by atoms with Crippen molar-refractivity contribution in [1.29, 1.82) is 0 Å². The number of sulfonamides is 1. The molecule has 1 aliphatic rings. The predicted octanol–water partition coefficient (Wildman–Crippen LogP) is 2.74. The third kappa shape index (κ3) is 4.66. The highest BCUT2D eigenvalue weighted by atomic mass is 32.2. The average molecular weight is 410 g/mol. The lowest BCUT2D eigenvalue weighted by Crippen LogP contribution is -2.40. The Morgan fingerprint density at radius 1 is 1.33 bits per heavy atom. The van der Waals surface area contributed by atoms with Crippen molar-refractivity contribution in [2.24, 2.45) is 5.92 Å². The highest BCUT2D eigenvalue weighted by molar-refractivity contribution is 7.88. The highest BCUT2D eigenvalue weighted by Crippen LogP contribution is 2.29. The third-order valence-corrected chi connectivity index (χ3v) is 6.78. The molecular weight excluding hydrogens is 386 g/mol. The number of hydrogen-bond donors (Lipinski definition) is 1. The SMILES string of the molecule is COc1ccc(-c2csc(NC(=O)C3CCN(S(C)(=O)=O)CC3)n2)cc1C. The molecule has 146 valence electrons. The zero-order chi connectivity index (χ0) is 19.6. The van der Waals surface area contributed by atoms with Gasteiger partial charge in [0.05, 0.1) is 19.1 Å². The van der Waals surface area contributed by atoms with Crippen molar-refractivity contribution in [3.8, 4) is 17.0 Å². The quantitative estimate of drug-likeness (QED) is 0.820. The summed E-state index contributed by atoms with van der Waals surface area (Å²) >= 11 is 1.38. The summed E-state index contributed by atoms with van der Waals surface area (Å²) in [6, 6.07) is 5.84. The zero-order valence-corrected chi connectivity index (χ0v) is 17.2. The van der Waals surface area contributed by atoms with Crippen molar-refractivity contribution in [3.05, 3.63) is 29.1 Å². The molecule has 0 aliphatic carbocycles. The van der Waals surface area contributed by atoms with Gasteiger partial charge in [-0.05, 0) is 43.5 Å². The van der Waals surface area contributed by atoms with E-state index in [4.69, 9.17) is 4.74 Å². The molecular formula is C18H23N3O4S2. The number of anilines is 1. The van der Waals surface area contributed by atoms with Crippen molar-refractivity contribution in [1.82, 2.24) is 9.29 Å². The number of benzene rings is 1. The number of nitrogens with zero attached hydrogens (tertiary/aromatic N) is 2. The van der Waals surface area contributed by atoms with Gasteiger partial charge in [-0.15, -0.1) is 11.3 Å². The first-order valence-corrected chi connectivity index (χ1v) is 11.4. The van der Waals surface area contributed by atoms with Gasteiger partial charge in [0.15, 0.2) is 5.13 Å². The molecule has 1 aliphatic heterocycles. The molecule has 1 aromatic heterocycles. The lowest BCUT2D eigenvalue weighted by atomic mass is 9.97. The van der Waals surface area contributed by atoms with Crippen LogP contribution in [0.2, 0.25) is 0 Å². The minimum atomic E-state index is -3.19. The fraction of sp³-hybridized carbons (Fsp3) is 0.444. The molecule has 0 bridgehead atoms. The maximum atomic E-state index is 12.5. The average Bonchev–Trinajstić information content (AvgIpc) is 3.09. The van der Waals surface area contributed by atoms with Crippen LogP contribution in [0.25, 0.3) is 11.3 Å². The Kier molecular flexibility index (Phi) is 5.83. The Morgan fingerprint density at radius 2 is 2.04 bits per heavy atom. The molecule has 1 fully saturated rings. The molecule has 0 saturated carbocycles. The first-order chi connectivity index (χ1) is 12.8. The molecule has 7 nitrogen and oxygen atoms in total. The highest BCUT2D eigenvalue weighted by Gasteiger charge is 2.29. The van der Waals surface area contributed by atoms with Crippen molar-refractivity contribution in [2.75, 3.05) is 31.8 Å². The van der Waals surface area contributed by atoms with Gasteiger partial charge in [-0.2, -0.15) is 0 Å². The van der Waals surface area contributed by atoms with E-state index in [2.05, 4.69) is 10.3 Å². The van der Waals surface area contributed by atoms with Crippen LogP contribution in [0.3, 0.4) is 0 Å². The second-order valence-corrected chi connectivity index (χ2v) is 9.49. The summed E-state index contributed by atoms with van der Waals surface area (Å²) in [6.45, 7) is 2.73. The Morgan fingerprint density at radius 3 is 2.63 bits per heavy atom. The van der Waals surface area contributed by atoms with Gasteiger partial charge in [0, 0.05) is 30.0 Å². The smallest absolute Gasteiger partial charge is 0.229 e. The van der Waals surface area contributed by atoms with Gasteiger partial charge in [0.25, 0.3) is 0 Å². The number of ether oxygens (including phenoxy) is 1. The maximum Gasteiger partial charge on any atom is 0.229 e. The lowest BCUT2D eigenvalue weighted by molar-refractivity contribution is -0.120. The van der Waals surface area contributed by atoms with Gasteiger partial charge in [-0.25, -0.2) is 17.7 Å². The van der Waals surface area contributed by atoms with E-state index in [-0.39, 0.29) is 11.8 Å². The normalized spacial score (nSPS) is 16.3. The number of methoxy groups -OCH3 is 1. The molecule has 1 amide bonds. The molecule has 2 aromatic rings. The Labute approximate surface area is 163 Å². The van der Waals surface area contributed by atoms with Gasteiger partial charge in [0.1, 0.15) is 5.75 Å². The van der Waals surface area contributed by atoms with Gasteiger partial charge in [-0.3, -0.25) is 4.79 Å². The standard InChI is InChI=1S/C18H23N3O4S2/c1-12-10-14(4-5-16(12)25-2)15-11-26-18(19-15)20-17(22)13-6-8-21(9-7-13)27(3,23)24/h4-5,10-11,13H,6-9H2,1-3H3,(H,19,20,22). The molecule has 1 N–H and O–H groups in total. The predicted molar refractivity (Wildman–Crippen MR) is 107 cm³/mol. The minimum absolute atomic E-state index is 0.102. The van der Waals surface area contributed by atoms with Gasteiger partial charge >= 0.3 is 0 Å². The second kappa shape index (κ2) is 7.95. The zero-order valence-electron chi connectivity index (χ0n) is 15.6. The first-order valence-electron chi connectivity index (χ1n) is 8.64. The Balaban J connectivity index is 1.63. The van der Waals surface area contributed by atoms with Gasteiger partial charge < -0.3 is 10.1 Å². The number of piperidine rings is 1. The first kappa shape index (κ1) is 19.8. The molecule has 1 aromatic carbocycles. The maximum absolute atomic E-state index is 12.5. The molecule has 0 atom stereocenters. The summed E-state index contributed by atoms with van der Waals surface area (Å²) in [4.78, 5) is 17.0. The van der Waals surface area contributed by atoms with Crippen LogP contribution in [0, 0.1) is 12.8 Å². The molecule has 0 spiro atoms. The van der Waals surface area contributed by atoms with E-state index in [0.29, 0.717) is 31.1 Å². The summed E-state index contributed by atoms with van der Waals surface area (Å²) in [5, 5.41) is 5.32.